The van der Waals surface area contributed by atoms with Gasteiger partial charge in [0.15, 0.2) is 11.5 Å². The molecule has 2 amide bonds. The number of halogens is 4. The van der Waals surface area contributed by atoms with Crippen molar-refractivity contribution in [1.29, 1.82) is 0 Å². The topological polar surface area (TPSA) is 101 Å². The molecule has 2 bridgehead atoms. The fourth-order valence-corrected chi connectivity index (χ4v) is 5.98. The van der Waals surface area contributed by atoms with Gasteiger partial charge in [-0.15, -0.1) is 0 Å². The van der Waals surface area contributed by atoms with Crippen LogP contribution in [0.4, 0.5) is 19.0 Å². The number of esters is 1. The summed E-state index contributed by atoms with van der Waals surface area (Å²) in [6, 6.07) is 0.691. The van der Waals surface area contributed by atoms with Gasteiger partial charge in [0.25, 0.3) is 11.8 Å². The van der Waals surface area contributed by atoms with E-state index in [9.17, 15) is 27.6 Å². The van der Waals surface area contributed by atoms with E-state index in [0.717, 1.165) is 10.0 Å². The molecule has 1 aromatic heterocycles. The number of amides is 2. The van der Waals surface area contributed by atoms with Crippen molar-refractivity contribution in [1.82, 2.24) is 9.99 Å². The van der Waals surface area contributed by atoms with Gasteiger partial charge in [-0.05, 0) is 25.3 Å². The van der Waals surface area contributed by atoms with Crippen LogP contribution in [0.2, 0.25) is 5.02 Å². The molecule has 176 valence electrons. The first-order chi connectivity index (χ1) is 15.6. The van der Waals surface area contributed by atoms with Crippen LogP contribution in [-0.2, 0) is 30.1 Å². The zero-order valence-electron chi connectivity index (χ0n) is 17.4. The van der Waals surface area contributed by atoms with E-state index in [4.69, 9.17) is 21.2 Å². The number of hydrazine groups is 1. The molecule has 0 N–H and O–H groups in total. The van der Waals surface area contributed by atoms with Crippen molar-refractivity contribution >= 4 is 40.9 Å². The Morgan fingerprint density at radius 2 is 1.94 bits per heavy atom. The predicted octanol–water partition coefficient (Wildman–Crippen LogP) is 2.29. The Bertz CT molecular complexity index is 1100. The molecule has 33 heavy (non-hydrogen) atoms. The molecular formula is C20H18ClF3N4O5. The van der Waals surface area contributed by atoms with Crippen molar-refractivity contribution in [2.45, 2.75) is 25.6 Å². The Morgan fingerprint density at radius 3 is 2.55 bits per heavy atom. The third-order valence-electron chi connectivity index (χ3n) is 6.91. The number of fused-ring (bicyclic) bond motifs is 8. The molecule has 2 aliphatic heterocycles. The van der Waals surface area contributed by atoms with Crippen LogP contribution in [0.1, 0.15) is 18.9 Å². The molecule has 9 nitrogen and oxygen atoms in total. The van der Waals surface area contributed by atoms with Crippen molar-refractivity contribution < 1.29 is 37.1 Å². The van der Waals surface area contributed by atoms with E-state index in [1.54, 1.807) is 6.92 Å². The molecule has 13 heteroatoms. The summed E-state index contributed by atoms with van der Waals surface area (Å²) in [6.07, 6.45) is -4.03. The molecule has 3 fully saturated rings. The average molecular weight is 487 g/mol. The Balaban J connectivity index is 1.42. The van der Waals surface area contributed by atoms with Gasteiger partial charge in [0, 0.05) is 19.2 Å². The molecule has 0 unspecified atom stereocenters. The monoisotopic (exact) mass is 486 g/mol. The molecular weight excluding hydrogens is 469 g/mol. The minimum Gasteiger partial charge on any atom is -0.461 e. The van der Waals surface area contributed by atoms with Gasteiger partial charge in [-0.2, -0.15) is 18.2 Å². The summed E-state index contributed by atoms with van der Waals surface area (Å²) in [5, 5.41) is 5.46. The quantitative estimate of drug-likeness (QED) is 0.475. The van der Waals surface area contributed by atoms with Crippen LogP contribution in [0.15, 0.2) is 17.4 Å². The normalized spacial score (nSPS) is 31.9. The molecule has 0 spiro atoms. The van der Waals surface area contributed by atoms with E-state index in [-0.39, 0.29) is 35.0 Å². The predicted molar refractivity (Wildman–Crippen MR) is 106 cm³/mol. The zero-order chi connectivity index (χ0) is 23.8. The van der Waals surface area contributed by atoms with Gasteiger partial charge in [-0.25, -0.2) is 9.78 Å². The number of pyridine rings is 1. The van der Waals surface area contributed by atoms with Gasteiger partial charge in [-0.3, -0.25) is 14.6 Å². The van der Waals surface area contributed by atoms with Crippen LogP contribution in [0, 0.1) is 29.6 Å². The maximum Gasteiger partial charge on any atom is 0.417 e. The van der Waals surface area contributed by atoms with E-state index in [0.29, 0.717) is 18.7 Å². The number of oxime groups is 1. The van der Waals surface area contributed by atoms with Crippen LogP contribution in [0.3, 0.4) is 0 Å². The minimum absolute atomic E-state index is 0.118. The smallest absolute Gasteiger partial charge is 0.417 e. The number of hydrogen-bond acceptors (Lipinski definition) is 8. The molecule has 3 heterocycles. The van der Waals surface area contributed by atoms with Gasteiger partial charge >= 0.3 is 12.1 Å². The van der Waals surface area contributed by atoms with Crippen molar-refractivity contribution in [3.8, 4) is 0 Å². The SMILES string of the molecule is CCOC(=O)C1=NO[C@@H]2[C@H]3C[C@H]([C@@H]12)[C@@H]1C(=O)N(N(C)c2ncc(C(F)(F)F)cc2Cl)C(=O)[C@@H]31. The van der Waals surface area contributed by atoms with Gasteiger partial charge in [0.05, 0.1) is 34.9 Å². The van der Waals surface area contributed by atoms with E-state index in [1.165, 1.54) is 7.05 Å². The third-order valence-corrected chi connectivity index (χ3v) is 7.19. The number of carbonyl (C=O) groups is 3. The molecule has 1 aromatic rings. The number of rotatable bonds is 4. The molecule has 0 radical (unpaired) electrons. The highest BCUT2D eigenvalue weighted by atomic mass is 35.5. The van der Waals surface area contributed by atoms with E-state index < -0.39 is 53.4 Å². The molecule has 2 aliphatic carbocycles. The van der Waals surface area contributed by atoms with E-state index in [1.807, 2.05) is 0 Å². The number of aromatic nitrogens is 1. The molecule has 4 aliphatic rings. The van der Waals surface area contributed by atoms with Gasteiger partial charge in [0.1, 0.15) is 6.10 Å². The summed E-state index contributed by atoms with van der Waals surface area (Å²) < 4.78 is 43.9. The highest BCUT2D eigenvalue weighted by molar-refractivity contribution is 6.38. The molecule has 0 aromatic carbocycles. The van der Waals surface area contributed by atoms with Crippen LogP contribution in [-0.4, -0.2) is 53.2 Å². The number of alkyl halides is 3. The van der Waals surface area contributed by atoms with E-state index in [2.05, 4.69) is 10.1 Å². The number of hydrogen-bond donors (Lipinski definition) is 0. The fourth-order valence-electron chi connectivity index (χ4n) is 5.70. The lowest BCUT2D eigenvalue weighted by atomic mass is 9.72. The lowest BCUT2D eigenvalue weighted by molar-refractivity contribution is -0.142. The second kappa shape index (κ2) is 7.31. The average Bonchev–Trinajstić information content (AvgIpc) is 3.47. The van der Waals surface area contributed by atoms with Crippen molar-refractivity contribution in [3.05, 3.63) is 22.8 Å². The first-order valence-electron chi connectivity index (χ1n) is 10.3. The first kappa shape index (κ1) is 21.9. The second-order valence-corrected chi connectivity index (χ2v) is 8.85. The Kier molecular flexibility index (Phi) is 4.86. The second-order valence-electron chi connectivity index (χ2n) is 8.45. The lowest BCUT2D eigenvalue weighted by Crippen LogP contribution is -2.46. The van der Waals surface area contributed by atoms with Crippen molar-refractivity contribution in [3.63, 3.8) is 0 Å². The summed E-state index contributed by atoms with van der Waals surface area (Å²) in [5.41, 5.74) is -0.929. The van der Waals surface area contributed by atoms with Crippen molar-refractivity contribution in [2.75, 3.05) is 18.7 Å². The Hall–Kier alpha value is -2.89. The number of ether oxygens (including phenoxy) is 1. The lowest BCUT2D eigenvalue weighted by Gasteiger charge is -2.29. The number of imide groups is 1. The number of nitrogens with zero attached hydrogens (tertiary/aromatic N) is 4. The maximum absolute atomic E-state index is 13.3. The summed E-state index contributed by atoms with van der Waals surface area (Å²) >= 11 is 6.02. The van der Waals surface area contributed by atoms with Crippen LogP contribution < -0.4 is 5.01 Å². The summed E-state index contributed by atoms with van der Waals surface area (Å²) in [5.74, 6) is -4.32. The van der Waals surface area contributed by atoms with E-state index >= 15 is 0 Å². The Labute approximate surface area is 190 Å². The minimum atomic E-state index is -4.64. The van der Waals surface area contributed by atoms with Gasteiger partial charge in [0.2, 0.25) is 0 Å². The summed E-state index contributed by atoms with van der Waals surface area (Å²) in [7, 11) is 1.34. The number of anilines is 1. The number of carbonyl (C=O) groups excluding carboxylic acids is 3. The van der Waals surface area contributed by atoms with Gasteiger partial charge in [-0.1, -0.05) is 16.8 Å². The summed E-state index contributed by atoms with van der Waals surface area (Å²) in [4.78, 5) is 48.1. The van der Waals surface area contributed by atoms with Crippen LogP contribution >= 0.6 is 11.6 Å². The maximum atomic E-state index is 13.3. The molecule has 6 atom stereocenters. The molecule has 5 rings (SSSR count). The highest BCUT2D eigenvalue weighted by Crippen LogP contribution is 2.61. The first-order valence-corrected chi connectivity index (χ1v) is 10.7. The van der Waals surface area contributed by atoms with Crippen LogP contribution in [0.5, 0.6) is 0 Å². The van der Waals surface area contributed by atoms with Crippen molar-refractivity contribution in [2.24, 2.45) is 34.7 Å². The fraction of sp³-hybridized carbons (Fsp3) is 0.550. The zero-order valence-corrected chi connectivity index (χ0v) is 18.1. The molecule has 1 saturated heterocycles. The largest absolute Gasteiger partial charge is 0.461 e. The Morgan fingerprint density at radius 1 is 1.27 bits per heavy atom. The molecule has 2 saturated carbocycles. The third kappa shape index (κ3) is 3.02. The highest BCUT2D eigenvalue weighted by Gasteiger charge is 2.71. The van der Waals surface area contributed by atoms with Gasteiger partial charge < -0.3 is 9.57 Å². The summed E-state index contributed by atoms with van der Waals surface area (Å²) in [6.45, 7) is 1.82. The van der Waals surface area contributed by atoms with Crippen LogP contribution in [0.25, 0.3) is 0 Å². The standard InChI is InChI=1S/C20H18ClF3N4O5/c1-3-32-19(31)14-13-8-5-9(15(13)33-26-14)12-11(8)17(29)28(18(12)30)27(2)16-10(21)4-7(6-25-16)20(22,23)24/h4,6,8-9,11-13,15H,3,5H2,1-2H3/t8-,9-,11-,12-,13-,15+/m0/s1.